The molecule has 2 heteroatoms. The van der Waals surface area contributed by atoms with Crippen LogP contribution in [0.5, 0.6) is 0 Å². The lowest BCUT2D eigenvalue weighted by Gasteiger charge is -2.40. The fraction of sp³-hybridized carbons (Fsp3) is 0.172. The number of aromatic amines is 1. The molecule has 1 aromatic heterocycles. The minimum atomic E-state index is 0.214. The molecular formula is C29H26N2. The summed E-state index contributed by atoms with van der Waals surface area (Å²) in [6.07, 6.45) is 1.07. The van der Waals surface area contributed by atoms with Crippen molar-refractivity contribution in [2.75, 3.05) is 6.54 Å². The molecule has 0 saturated carbocycles. The van der Waals surface area contributed by atoms with E-state index < -0.39 is 0 Å². The molecule has 0 spiro atoms. The Morgan fingerprint density at radius 1 is 0.774 bits per heavy atom. The third-order valence-electron chi connectivity index (χ3n) is 6.96. The van der Waals surface area contributed by atoms with Crippen LogP contribution >= 0.6 is 0 Å². The molecule has 0 fully saturated rings. The molecule has 0 amide bonds. The van der Waals surface area contributed by atoms with Crippen molar-refractivity contribution in [3.05, 3.63) is 119 Å². The number of aromatic nitrogens is 1. The first-order valence-electron chi connectivity index (χ1n) is 11.2. The van der Waals surface area contributed by atoms with Gasteiger partial charge in [-0.3, -0.25) is 4.90 Å². The van der Waals surface area contributed by atoms with Gasteiger partial charge in [0.2, 0.25) is 0 Å². The number of fused-ring (bicyclic) bond motifs is 4. The second-order valence-corrected chi connectivity index (χ2v) is 8.61. The highest BCUT2D eigenvalue weighted by Gasteiger charge is 2.34. The number of hydrogen-bond acceptors (Lipinski definition) is 1. The van der Waals surface area contributed by atoms with Crippen molar-refractivity contribution in [3.8, 4) is 0 Å². The molecular weight excluding hydrogens is 376 g/mol. The lowest BCUT2D eigenvalue weighted by Crippen LogP contribution is -2.38. The highest BCUT2D eigenvalue weighted by Crippen LogP contribution is 2.43. The van der Waals surface area contributed by atoms with E-state index in [9.17, 15) is 0 Å². The molecule has 5 aromatic rings. The van der Waals surface area contributed by atoms with Crippen molar-refractivity contribution in [2.24, 2.45) is 0 Å². The Hall–Kier alpha value is -3.36. The summed E-state index contributed by atoms with van der Waals surface area (Å²) >= 11 is 0. The Morgan fingerprint density at radius 2 is 1.48 bits per heavy atom. The molecule has 1 N–H and O–H groups in total. The second-order valence-electron chi connectivity index (χ2n) is 8.61. The molecule has 152 valence electrons. The van der Waals surface area contributed by atoms with Gasteiger partial charge in [-0.25, -0.2) is 0 Å². The van der Waals surface area contributed by atoms with Crippen LogP contribution in [0.4, 0.5) is 0 Å². The number of nitrogens with zero attached hydrogens (tertiary/aromatic N) is 1. The Balaban J connectivity index is 1.52. The van der Waals surface area contributed by atoms with Crippen LogP contribution in [0.15, 0.2) is 97.1 Å². The molecule has 2 heterocycles. The molecule has 0 radical (unpaired) electrons. The number of hydrogen-bond donors (Lipinski definition) is 1. The van der Waals surface area contributed by atoms with Crippen molar-refractivity contribution in [1.29, 1.82) is 0 Å². The summed E-state index contributed by atoms with van der Waals surface area (Å²) in [5.74, 6) is 0. The van der Waals surface area contributed by atoms with Crippen LogP contribution in [0.2, 0.25) is 0 Å². The predicted octanol–water partition coefficient (Wildman–Crippen LogP) is 7.03. The standard InChI is InChI=1S/C29H26N2/c1-20(23-16-9-13-21-10-5-6-14-24(21)23)31-19-18-26-25-15-7-8-17-27(25)30-28(26)29(31)22-11-3-2-4-12-22/h2-17,20,29-30H,18-19H2,1H3/t20-,29-/m1/s1. The molecule has 6 rings (SSSR count). The van der Waals surface area contributed by atoms with Crippen LogP contribution < -0.4 is 0 Å². The zero-order chi connectivity index (χ0) is 20.8. The third kappa shape index (κ3) is 2.98. The highest BCUT2D eigenvalue weighted by molar-refractivity contribution is 5.87. The maximum atomic E-state index is 3.80. The zero-order valence-corrected chi connectivity index (χ0v) is 17.8. The summed E-state index contributed by atoms with van der Waals surface area (Å²) < 4.78 is 0. The van der Waals surface area contributed by atoms with Crippen molar-refractivity contribution >= 4 is 21.7 Å². The molecule has 0 saturated heterocycles. The molecule has 2 nitrogen and oxygen atoms in total. The van der Waals surface area contributed by atoms with Gasteiger partial charge in [0.1, 0.15) is 0 Å². The van der Waals surface area contributed by atoms with E-state index in [0.717, 1.165) is 13.0 Å². The van der Waals surface area contributed by atoms with E-state index in [4.69, 9.17) is 0 Å². The van der Waals surface area contributed by atoms with Crippen molar-refractivity contribution in [2.45, 2.75) is 25.4 Å². The van der Waals surface area contributed by atoms with Crippen LogP contribution in [0, 0.1) is 0 Å². The quantitative estimate of drug-likeness (QED) is 0.343. The topological polar surface area (TPSA) is 19.0 Å². The van der Waals surface area contributed by atoms with Crippen molar-refractivity contribution in [3.63, 3.8) is 0 Å². The van der Waals surface area contributed by atoms with Gasteiger partial charge in [-0.05, 0) is 46.9 Å². The highest BCUT2D eigenvalue weighted by atomic mass is 15.2. The second kappa shape index (κ2) is 7.40. The lowest BCUT2D eigenvalue weighted by atomic mass is 9.89. The Bertz CT molecular complexity index is 1360. The molecule has 4 aromatic carbocycles. The maximum Gasteiger partial charge on any atom is 0.0762 e. The summed E-state index contributed by atoms with van der Waals surface area (Å²) in [6, 6.07) is 35.7. The number of rotatable bonds is 3. The number of benzene rings is 4. The van der Waals surface area contributed by atoms with E-state index >= 15 is 0 Å². The average Bonchev–Trinajstić information content (AvgIpc) is 3.22. The van der Waals surface area contributed by atoms with E-state index in [1.807, 2.05) is 0 Å². The molecule has 0 bridgehead atoms. The fourth-order valence-corrected chi connectivity index (χ4v) is 5.46. The molecule has 31 heavy (non-hydrogen) atoms. The van der Waals surface area contributed by atoms with E-state index in [0.29, 0.717) is 6.04 Å². The van der Waals surface area contributed by atoms with Crippen LogP contribution in [0.25, 0.3) is 21.7 Å². The van der Waals surface area contributed by atoms with Gasteiger partial charge in [-0.1, -0.05) is 91.0 Å². The minimum absolute atomic E-state index is 0.214. The number of nitrogens with one attached hydrogen (secondary N) is 1. The largest absolute Gasteiger partial charge is 0.357 e. The first-order chi connectivity index (χ1) is 15.3. The van der Waals surface area contributed by atoms with Crippen molar-refractivity contribution < 1.29 is 0 Å². The summed E-state index contributed by atoms with van der Waals surface area (Å²) in [5, 5.41) is 4.04. The van der Waals surface area contributed by atoms with Gasteiger partial charge in [0, 0.05) is 29.2 Å². The predicted molar refractivity (Wildman–Crippen MR) is 129 cm³/mol. The van der Waals surface area contributed by atoms with E-state index in [1.165, 1.54) is 44.1 Å². The maximum absolute atomic E-state index is 3.80. The van der Waals surface area contributed by atoms with Gasteiger partial charge in [0.15, 0.2) is 0 Å². The smallest absolute Gasteiger partial charge is 0.0762 e. The first kappa shape index (κ1) is 18.4. The van der Waals surface area contributed by atoms with Gasteiger partial charge in [-0.2, -0.15) is 0 Å². The summed E-state index contributed by atoms with van der Waals surface area (Å²) in [5.41, 5.74) is 6.82. The molecule has 2 atom stereocenters. The Labute approximate surface area is 183 Å². The SMILES string of the molecule is C[C@H](c1cccc2ccccc12)N1CCc2c([nH]c3ccccc23)[C@H]1c1ccccc1. The summed E-state index contributed by atoms with van der Waals surface area (Å²) in [4.78, 5) is 6.47. The van der Waals surface area contributed by atoms with Crippen LogP contribution in [0.1, 0.15) is 41.4 Å². The van der Waals surface area contributed by atoms with E-state index in [-0.39, 0.29) is 6.04 Å². The lowest BCUT2D eigenvalue weighted by molar-refractivity contribution is 0.156. The van der Waals surface area contributed by atoms with E-state index in [2.05, 4.69) is 114 Å². The Kier molecular flexibility index (Phi) is 4.40. The van der Waals surface area contributed by atoms with Gasteiger partial charge in [-0.15, -0.1) is 0 Å². The van der Waals surface area contributed by atoms with Gasteiger partial charge in [0.05, 0.1) is 6.04 Å². The summed E-state index contributed by atoms with van der Waals surface area (Å²) in [7, 11) is 0. The van der Waals surface area contributed by atoms with Gasteiger partial charge >= 0.3 is 0 Å². The monoisotopic (exact) mass is 402 g/mol. The van der Waals surface area contributed by atoms with Crippen molar-refractivity contribution in [1.82, 2.24) is 9.88 Å². The molecule has 1 aliphatic heterocycles. The summed E-state index contributed by atoms with van der Waals surface area (Å²) in [6.45, 7) is 3.41. The molecule has 1 aliphatic rings. The number of para-hydroxylation sites is 1. The molecule has 0 unspecified atom stereocenters. The zero-order valence-electron chi connectivity index (χ0n) is 17.8. The van der Waals surface area contributed by atoms with Crippen LogP contribution in [0.3, 0.4) is 0 Å². The number of H-pyrrole nitrogens is 1. The van der Waals surface area contributed by atoms with Gasteiger partial charge < -0.3 is 4.98 Å². The fourth-order valence-electron chi connectivity index (χ4n) is 5.46. The van der Waals surface area contributed by atoms with Crippen LogP contribution in [-0.2, 0) is 6.42 Å². The molecule has 0 aliphatic carbocycles. The first-order valence-corrected chi connectivity index (χ1v) is 11.2. The van der Waals surface area contributed by atoms with Gasteiger partial charge in [0.25, 0.3) is 0 Å². The average molecular weight is 403 g/mol. The third-order valence-corrected chi connectivity index (χ3v) is 6.96. The Morgan fingerprint density at radius 3 is 2.35 bits per heavy atom. The minimum Gasteiger partial charge on any atom is -0.357 e. The van der Waals surface area contributed by atoms with E-state index in [1.54, 1.807) is 0 Å². The van der Waals surface area contributed by atoms with Crippen LogP contribution in [-0.4, -0.2) is 16.4 Å². The normalized spacial score (nSPS) is 17.6.